The zero-order valence-electron chi connectivity index (χ0n) is 35.3. The Hall–Kier alpha value is -5.88. The van der Waals surface area contributed by atoms with Crippen LogP contribution in [-0.2, 0) is 26.1 Å². The summed E-state index contributed by atoms with van der Waals surface area (Å²) in [5.41, 5.74) is 1.87. The van der Waals surface area contributed by atoms with Crippen LogP contribution in [0.1, 0.15) is 90.6 Å². The standard InChI is InChI=1S/C44H50F3N11O6/c1-54-40-27(4-2-6-30(40)38(52-54)31-11-12-37(60)51-43(31)61)5-3-18-64-35-13-15-55(23-33(35)45)21-26-7-9-28(10-8-26)58-24-34(39(53-58)41(46)47)49-44(62)32-20-48-57-16-14-36(50-42(32)57)56-17-19-63-29(22-56)25-59/h2,4,6,14,16,20,24,26,28-29,31,33,35,41,59H,7-13,15,17-19,21-23,25H2,1H3,(H,49,62)(H,51,60,61)/t26?,28?,29-,31-,33-,35+/m1/s1. The minimum Gasteiger partial charge on any atom is -0.394 e. The first-order valence-electron chi connectivity index (χ1n) is 21.8. The lowest BCUT2D eigenvalue weighted by Gasteiger charge is -2.38. The van der Waals surface area contributed by atoms with Gasteiger partial charge in [-0.3, -0.25) is 34.0 Å². The number of aliphatic hydroxyl groups excluding tert-OH is 1. The van der Waals surface area contributed by atoms with Crippen molar-refractivity contribution in [3.05, 3.63) is 65.4 Å². The fourth-order valence-corrected chi connectivity index (χ4v) is 9.49. The predicted octanol–water partition coefficient (Wildman–Crippen LogP) is 3.93. The number of hydrogen-bond acceptors (Lipinski definition) is 12. The lowest BCUT2D eigenvalue weighted by atomic mass is 9.85. The van der Waals surface area contributed by atoms with Crippen molar-refractivity contribution in [3.63, 3.8) is 0 Å². The molecule has 3 N–H and O–H groups in total. The molecular weight excluding hydrogens is 836 g/mol. The van der Waals surface area contributed by atoms with Crippen molar-refractivity contribution in [2.75, 3.05) is 62.8 Å². The van der Waals surface area contributed by atoms with Crippen LogP contribution in [0.25, 0.3) is 16.6 Å². The molecule has 7 heterocycles. The van der Waals surface area contributed by atoms with Gasteiger partial charge in [-0.25, -0.2) is 22.7 Å². The second kappa shape index (κ2) is 18.7. The highest BCUT2D eigenvalue weighted by molar-refractivity contribution is 6.08. The molecule has 64 heavy (non-hydrogen) atoms. The van der Waals surface area contributed by atoms with Crippen LogP contribution in [0.3, 0.4) is 0 Å². The summed E-state index contributed by atoms with van der Waals surface area (Å²) in [6, 6.07) is 7.22. The van der Waals surface area contributed by atoms with Gasteiger partial charge in [-0.15, -0.1) is 0 Å². The van der Waals surface area contributed by atoms with Gasteiger partial charge in [0.25, 0.3) is 12.3 Å². The molecule has 1 aliphatic carbocycles. The normalized spacial score (nSPS) is 24.6. The molecule has 338 valence electrons. The number of hydrogen-bond donors (Lipinski definition) is 3. The highest BCUT2D eigenvalue weighted by Gasteiger charge is 2.34. The number of likely N-dealkylation sites (tertiary alicyclic amines) is 1. The third-order valence-corrected chi connectivity index (χ3v) is 12.8. The first kappa shape index (κ1) is 43.4. The van der Waals surface area contributed by atoms with Gasteiger partial charge in [-0.05, 0) is 56.6 Å². The monoisotopic (exact) mass is 885 g/mol. The molecule has 9 rings (SSSR count). The Labute approximate surface area is 366 Å². The Balaban J connectivity index is 0.756. The molecule has 1 saturated carbocycles. The number of fused-ring (bicyclic) bond motifs is 2. The zero-order valence-corrected chi connectivity index (χ0v) is 35.3. The van der Waals surface area contributed by atoms with E-state index in [1.165, 1.54) is 21.6 Å². The van der Waals surface area contributed by atoms with E-state index in [2.05, 4.69) is 47.7 Å². The van der Waals surface area contributed by atoms with Crippen molar-refractivity contribution >= 4 is 45.8 Å². The Bertz CT molecular complexity index is 2590. The number of morpholine rings is 1. The third kappa shape index (κ3) is 9.07. The number of benzene rings is 1. The molecule has 5 aromatic rings. The topological polar surface area (TPSA) is 186 Å². The smallest absolute Gasteiger partial charge is 0.284 e. The Morgan fingerprint density at radius 2 is 1.94 bits per heavy atom. The molecule has 17 nitrogen and oxygen atoms in total. The summed E-state index contributed by atoms with van der Waals surface area (Å²) >= 11 is 0. The SMILES string of the molecule is Cn1nc([C@H]2CCC(=O)NC2=O)c2cccc(C#CCO[C@H]3CCN(CC4CCC(n5cc(NC(=O)c6cnn7ccc(N8CCO[C@@H](CO)C8)nc67)c(C(F)F)n5)CC4)C[C@H]3F)c21. The minimum absolute atomic E-state index is 0.0522. The molecule has 3 amide bonds. The van der Waals surface area contributed by atoms with Gasteiger partial charge in [0, 0.05) is 64.0 Å². The van der Waals surface area contributed by atoms with E-state index in [9.17, 15) is 28.3 Å². The molecule has 4 atom stereocenters. The van der Waals surface area contributed by atoms with Crippen LogP contribution in [0.5, 0.6) is 0 Å². The number of nitrogens with zero attached hydrogens (tertiary/aromatic N) is 9. The molecule has 3 saturated heterocycles. The second-order valence-electron chi connectivity index (χ2n) is 17.0. The number of aromatic nitrogens is 7. The van der Waals surface area contributed by atoms with Crippen LogP contribution < -0.4 is 15.5 Å². The molecular formula is C44H50F3N11O6. The van der Waals surface area contributed by atoms with Crippen LogP contribution in [-0.4, -0.2) is 133 Å². The molecule has 3 aliphatic heterocycles. The number of anilines is 2. The fraction of sp³-hybridized carbons (Fsp3) is 0.523. The number of ether oxygens (including phenoxy) is 2. The summed E-state index contributed by atoms with van der Waals surface area (Å²) in [5.74, 6) is 5.25. The van der Waals surface area contributed by atoms with Crippen LogP contribution in [0, 0.1) is 17.8 Å². The first-order valence-corrected chi connectivity index (χ1v) is 21.8. The number of carbonyl (C=O) groups excluding carboxylic acids is 3. The Morgan fingerprint density at radius 3 is 2.72 bits per heavy atom. The van der Waals surface area contributed by atoms with Crippen molar-refractivity contribution in [1.82, 2.24) is 44.4 Å². The number of nitrogens with one attached hydrogen (secondary N) is 2. The number of carbonyl (C=O) groups is 3. The molecule has 4 aliphatic rings. The molecule has 0 spiro atoms. The largest absolute Gasteiger partial charge is 0.394 e. The maximum atomic E-state index is 15.5. The number of amides is 3. The fourth-order valence-electron chi connectivity index (χ4n) is 9.49. The first-order chi connectivity index (χ1) is 31.0. The van der Waals surface area contributed by atoms with E-state index in [4.69, 9.17) is 9.47 Å². The maximum absolute atomic E-state index is 15.5. The van der Waals surface area contributed by atoms with Gasteiger partial charge in [-0.1, -0.05) is 24.0 Å². The van der Waals surface area contributed by atoms with Gasteiger partial charge in [0.1, 0.15) is 24.2 Å². The van der Waals surface area contributed by atoms with E-state index in [1.807, 2.05) is 23.1 Å². The van der Waals surface area contributed by atoms with Gasteiger partial charge >= 0.3 is 0 Å². The number of rotatable bonds is 11. The molecule has 1 aromatic carbocycles. The van der Waals surface area contributed by atoms with Gasteiger partial charge in [0.2, 0.25) is 11.8 Å². The number of aryl methyl sites for hydroxylation is 1. The molecule has 0 bridgehead atoms. The van der Waals surface area contributed by atoms with Crippen LogP contribution in [0.15, 0.2) is 42.9 Å². The Morgan fingerprint density at radius 1 is 1.09 bits per heavy atom. The summed E-state index contributed by atoms with van der Waals surface area (Å²) in [6.07, 6.45) is 3.64. The maximum Gasteiger partial charge on any atom is 0.284 e. The summed E-state index contributed by atoms with van der Waals surface area (Å²) in [6.45, 7) is 2.95. The second-order valence-corrected chi connectivity index (χ2v) is 17.0. The molecule has 4 fully saturated rings. The number of halogens is 3. The van der Waals surface area contributed by atoms with Gasteiger partial charge < -0.3 is 24.8 Å². The molecule has 4 aromatic heterocycles. The van der Waals surface area contributed by atoms with Crippen molar-refractivity contribution in [3.8, 4) is 11.8 Å². The van der Waals surface area contributed by atoms with E-state index in [1.54, 1.807) is 24.0 Å². The van der Waals surface area contributed by atoms with Crippen LogP contribution in [0.4, 0.5) is 24.7 Å². The summed E-state index contributed by atoms with van der Waals surface area (Å²) in [5, 5.41) is 28.5. The number of alkyl halides is 3. The lowest BCUT2D eigenvalue weighted by Crippen LogP contribution is -2.47. The van der Waals surface area contributed by atoms with Gasteiger partial charge in [0.05, 0.1) is 66.0 Å². The van der Waals surface area contributed by atoms with Crippen LogP contribution in [0.2, 0.25) is 0 Å². The summed E-state index contributed by atoms with van der Waals surface area (Å²) in [4.78, 5) is 46.5. The Kier molecular flexibility index (Phi) is 12.7. The number of piperidine rings is 2. The highest BCUT2D eigenvalue weighted by Crippen LogP contribution is 2.36. The van der Waals surface area contributed by atoms with E-state index in [-0.39, 0.29) is 67.0 Å². The molecule has 0 radical (unpaired) electrons. The zero-order chi connectivity index (χ0) is 44.5. The quantitative estimate of drug-likeness (QED) is 0.129. The van der Waals surface area contributed by atoms with Crippen molar-refractivity contribution in [2.45, 2.75) is 81.7 Å². The van der Waals surface area contributed by atoms with E-state index < -0.39 is 36.2 Å². The van der Waals surface area contributed by atoms with Crippen molar-refractivity contribution in [2.24, 2.45) is 13.0 Å². The van der Waals surface area contributed by atoms with Gasteiger partial charge in [-0.2, -0.15) is 15.3 Å². The number of imide groups is 1. The van der Waals surface area contributed by atoms with E-state index >= 15 is 4.39 Å². The highest BCUT2D eigenvalue weighted by atomic mass is 19.3. The van der Waals surface area contributed by atoms with Crippen LogP contribution >= 0.6 is 0 Å². The minimum atomic E-state index is -2.92. The predicted molar refractivity (Wildman–Crippen MR) is 227 cm³/mol. The summed E-state index contributed by atoms with van der Waals surface area (Å²) in [7, 11) is 1.79. The van der Waals surface area contributed by atoms with Crippen molar-refractivity contribution < 1.29 is 42.1 Å². The lowest BCUT2D eigenvalue weighted by molar-refractivity contribution is -0.134. The molecule has 0 unspecified atom stereocenters. The average Bonchev–Trinajstić information content (AvgIpc) is 4.01. The number of para-hydroxylation sites is 1. The van der Waals surface area contributed by atoms with E-state index in [0.29, 0.717) is 74.9 Å². The summed E-state index contributed by atoms with van der Waals surface area (Å²) < 4.78 is 60.2. The van der Waals surface area contributed by atoms with Gasteiger partial charge in [0.15, 0.2) is 11.3 Å². The average molecular weight is 886 g/mol. The van der Waals surface area contributed by atoms with E-state index in [0.717, 1.165) is 30.3 Å². The van der Waals surface area contributed by atoms with Crippen molar-refractivity contribution in [1.29, 1.82) is 0 Å². The number of aliphatic hydroxyl groups is 1. The third-order valence-electron chi connectivity index (χ3n) is 12.8. The molecule has 20 heteroatoms.